The molecule has 0 radical (unpaired) electrons. The van der Waals surface area contributed by atoms with E-state index in [0.29, 0.717) is 6.10 Å². The monoisotopic (exact) mass is 214 g/mol. The van der Waals surface area contributed by atoms with Crippen molar-refractivity contribution in [2.75, 3.05) is 0 Å². The molecule has 90 valence electrons. The Morgan fingerprint density at radius 3 is 2.40 bits per heavy atom. The van der Waals surface area contributed by atoms with Gasteiger partial charge >= 0.3 is 0 Å². The molecule has 0 spiro atoms. The summed E-state index contributed by atoms with van der Waals surface area (Å²) in [5.41, 5.74) is 0.0635. The van der Waals surface area contributed by atoms with E-state index in [1.165, 1.54) is 6.42 Å². The van der Waals surface area contributed by atoms with Gasteiger partial charge in [0.15, 0.2) is 6.29 Å². The van der Waals surface area contributed by atoms with Gasteiger partial charge in [-0.15, -0.1) is 0 Å². The average Bonchev–Trinajstić information content (AvgIpc) is 2.00. The first-order valence-corrected chi connectivity index (χ1v) is 6.10. The minimum absolute atomic E-state index is 0.00433. The Morgan fingerprint density at radius 2 is 1.93 bits per heavy atom. The van der Waals surface area contributed by atoms with Crippen molar-refractivity contribution >= 4 is 0 Å². The van der Waals surface area contributed by atoms with Crippen LogP contribution >= 0.6 is 0 Å². The summed E-state index contributed by atoms with van der Waals surface area (Å²) in [6.45, 7) is 13.1. The third-order valence-corrected chi connectivity index (χ3v) is 2.95. The molecule has 2 nitrogen and oxygen atoms in total. The molecule has 1 fully saturated rings. The zero-order valence-corrected chi connectivity index (χ0v) is 11.1. The molecule has 15 heavy (non-hydrogen) atoms. The Bertz CT molecular complexity index is 207. The highest BCUT2D eigenvalue weighted by Gasteiger charge is 2.41. The van der Waals surface area contributed by atoms with E-state index in [9.17, 15) is 0 Å². The maximum absolute atomic E-state index is 6.13. The Hall–Kier alpha value is -0.0800. The van der Waals surface area contributed by atoms with Gasteiger partial charge in [0, 0.05) is 11.8 Å². The molecule has 2 heteroatoms. The van der Waals surface area contributed by atoms with E-state index < -0.39 is 0 Å². The third kappa shape index (κ3) is 3.46. The molecule has 1 aliphatic rings. The molecule has 0 aromatic carbocycles. The molecule has 1 rings (SSSR count). The van der Waals surface area contributed by atoms with E-state index in [2.05, 4.69) is 41.5 Å². The Kier molecular flexibility index (Phi) is 3.83. The van der Waals surface area contributed by atoms with Gasteiger partial charge in [-0.2, -0.15) is 0 Å². The molecule has 3 atom stereocenters. The van der Waals surface area contributed by atoms with Crippen LogP contribution in [0, 0.1) is 5.41 Å². The first-order chi connectivity index (χ1) is 6.77. The van der Waals surface area contributed by atoms with Crippen molar-refractivity contribution in [2.24, 2.45) is 5.41 Å². The van der Waals surface area contributed by atoms with Gasteiger partial charge in [-0.1, -0.05) is 34.1 Å². The topological polar surface area (TPSA) is 18.5 Å². The summed E-state index contributed by atoms with van der Waals surface area (Å²) in [6.07, 6.45) is 3.53. The van der Waals surface area contributed by atoms with Crippen LogP contribution in [-0.4, -0.2) is 18.0 Å². The first kappa shape index (κ1) is 13.0. The number of ether oxygens (including phenoxy) is 2. The van der Waals surface area contributed by atoms with Crippen LogP contribution in [0.15, 0.2) is 0 Å². The van der Waals surface area contributed by atoms with Gasteiger partial charge in [0.1, 0.15) is 0 Å². The molecule has 0 N–H and O–H groups in total. The van der Waals surface area contributed by atoms with Gasteiger partial charge in [0.25, 0.3) is 0 Å². The minimum atomic E-state index is -0.0715. The van der Waals surface area contributed by atoms with Crippen LogP contribution in [0.25, 0.3) is 0 Å². The largest absolute Gasteiger partial charge is 0.349 e. The fourth-order valence-corrected chi connectivity index (χ4v) is 2.27. The van der Waals surface area contributed by atoms with Crippen LogP contribution in [0.2, 0.25) is 0 Å². The van der Waals surface area contributed by atoms with Gasteiger partial charge in [-0.05, 0) is 20.3 Å². The molecule has 1 heterocycles. The van der Waals surface area contributed by atoms with Crippen molar-refractivity contribution in [3.63, 3.8) is 0 Å². The fourth-order valence-electron chi connectivity index (χ4n) is 2.27. The Morgan fingerprint density at radius 1 is 1.33 bits per heavy atom. The van der Waals surface area contributed by atoms with E-state index in [1.54, 1.807) is 0 Å². The lowest BCUT2D eigenvalue weighted by Gasteiger charge is -2.46. The van der Waals surface area contributed by atoms with E-state index >= 15 is 0 Å². The van der Waals surface area contributed by atoms with Gasteiger partial charge < -0.3 is 9.47 Å². The first-order valence-electron chi connectivity index (χ1n) is 6.10. The molecule has 0 bridgehead atoms. The summed E-state index contributed by atoms with van der Waals surface area (Å²) < 4.78 is 12.0. The highest BCUT2D eigenvalue weighted by Crippen LogP contribution is 2.37. The summed E-state index contributed by atoms with van der Waals surface area (Å²) in [6, 6.07) is 0. The number of hydrogen-bond acceptors (Lipinski definition) is 2. The lowest BCUT2D eigenvalue weighted by molar-refractivity contribution is -0.307. The molecule has 0 aromatic rings. The minimum Gasteiger partial charge on any atom is -0.349 e. The Balaban J connectivity index is 2.71. The predicted octanol–water partition coefficient (Wildman–Crippen LogP) is 3.74. The molecule has 0 aromatic heterocycles. The van der Waals surface area contributed by atoms with E-state index in [0.717, 1.165) is 12.8 Å². The Labute approximate surface area is 94.3 Å². The highest BCUT2D eigenvalue weighted by atomic mass is 16.7. The molecule has 1 saturated heterocycles. The molecule has 3 unspecified atom stereocenters. The van der Waals surface area contributed by atoms with E-state index in [4.69, 9.17) is 9.47 Å². The molecule has 0 saturated carbocycles. The lowest BCUT2D eigenvalue weighted by Crippen LogP contribution is -2.49. The predicted molar refractivity (Wildman–Crippen MR) is 62.8 cm³/mol. The van der Waals surface area contributed by atoms with Crippen LogP contribution in [0.5, 0.6) is 0 Å². The van der Waals surface area contributed by atoms with Crippen LogP contribution < -0.4 is 0 Å². The van der Waals surface area contributed by atoms with Gasteiger partial charge in [-0.3, -0.25) is 0 Å². The summed E-state index contributed by atoms with van der Waals surface area (Å²) in [7, 11) is 0. The molecule has 1 aliphatic heterocycles. The van der Waals surface area contributed by atoms with Crippen molar-refractivity contribution in [3.8, 4) is 0 Å². The van der Waals surface area contributed by atoms with Crippen molar-refractivity contribution in [1.82, 2.24) is 0 Å². The highest BCUT2D eigenvalue weighted by molar-refractivity contribution is 4.85. The summed E-state index contributed by atoms with van der Waals surface area (Å²) in [4.78, 5) is 0. The maximum atomic E-state index is 6.13. The van der Waals surface area contributed by atoms with E-state index in [-0.39, 0.29) is 17.3 Å². The number of rotatable bonds is 2. The molecule has 0 aliphatic carbocycles. The summed E-state index contributed by atoms with van der Waals surface area (Å²) in [5, 5.41) is 0. The average molecular weight is 214 g/mol. The maximum Gasteiger partial charge on any atom is 0.163 e. The molecular formula is C13H26O2. The second-order valence-corrected chi connectivity index (χ2v) is 6.17. The summed E-state index contributed by atoms with van der Waals surface area (Å²) in [5.74, 6) is 0. The fraction of sp³-hybridized carbons (Fsp3) is 1.00. The van der Waals surface area contributed by atoms with Crippen LogP contribution in [0.3, 0.4) is 0 Å². The van der Waals surface area contributed by atoms with Gasteiger partial charge in [0.05, 0.1) is 11.7 Å². The zero-order chi connectivity index (χ0) is 11.7. The third-order valence-electron chi connectivity index (χ3n) is 2.95. The number of hydrogen-bond donors (Lipinski definition) is 0. The van der Waals surface area contributed by atoms with E-state index in [1.807, 2.05) is 0 Å². The SMILES string of the molecule is CCCC1(C)CC(C)OC(C(C)(C)C)O1. The normalized spacial score (nSPS) is 38.0. The van der Waals surface area contributed by atoms with Crippen LogP contribution in [0.1, 0.15) is 60.8 Å². The lowest BCUT2D eigenvalue weighted by atomic mass is 9.89. The van der Waals surface area contributed by atoms with Crippen molar-refractivity contribution in [3.05, 3.63) is 0 Å². The van der Waals surface area contributed by atoms with Crippen LogP contribution in [0.4, 0.5) is 0 Å². The van der Waals surface area contributed by atoms with Crippen molar-refractivity contribution in [2.45, 2.75) is 78.8 Å². The van der Waals surface area contributed by atoms with Crippen molar-refractivity contribution < 1.29 is 9.47 Å². The van der Waals surface area contributed by atoms with Gasteiger partial charge in [0.2, 0.25) is 0 Å². The standard InChI is InChI=1S/C13H26O2/c1-7-8-13(6)9-10(2)14-11(15-13)12(3,4)5/h10-11H,7-9H2,1-6H3. The quantitative estimate of drug-likeness (QED) is 0.697. The van der Waals surface area contributed by atoms with Crippen LogP contribution in [-0.2, 0) is 9.47 Å². The van der Waals surface area contributed by atoms with Crippen molar-refractivity contribution in [1.29, 1.82) is 0 Å². The second kappa shape index (κ2) is 4.42. The summed E-state index contributed by atoms with van der Waals surface area (Å²) >= 11 is 0. The molecular weight excluding hydrogens is 188 g/mol. The second-order valence-electron chi connectivity index (χ2n) is 6.17. The zero-order valence-electron chi connectivity index (χ0n) is 11.1. The smallest absolute Gasteiger partial charge is 0.163 e. The van der Waals surface area contributed by atoms with Gasteiger partial charge in [-0.25, -0.2) is 0 Å². The molecule has 0 amide bonds.